The second-order valence-electron chi connectivity index (χ2n) is 16.2. The zero-order valence-corrected chi connectivity index (χ0v) is 28.7. The predicted molar refractivity (Wildman–Crippen MR) is 198 cm³/mol. The molecule has 8 unspecified atom stereocenters. The Labute approximate surface area is 288 Å². The molecule has 4 heteroatoms. The van der Waals surface area contributed by atoms with Crippen LogP contribution in [-0.4, -0.2) is 9.97 Å². The molecule has 8 atom stereocenters. The van der Waals surface area contributed by atoms with Gasteiger partial charge in [-0.2, -0.15) is 0 Å². The third-order valence-corrected chi connectivity index (χ3v) is 16.1. The van der Waals surface area contributed by atoms with Crippen molar-refractivity contribution >= 4 is 47.0 Å². The molecule has 13 aliphatic rings. The Hall–Kier alpha value is -3.60. The molecule has 0 fully saturated rings. The number of aromatic nitrogens is 2. The van der Waals surface area contributed by atoms with Crippen molar-refractivity contribution in [3.05, 3.63) is 134 Å². The molecule has 4 aromatic rings. The normalized spacial score (nSPS) is 32.7. The van der Waals surface area contributed by atoms with Crippen LogP contribution in [-0.2, 0) is 0 Å². The number of rotatable bonds is 0. The fourth-order valence-corrected chi connectivity index (χ4v) is 14.5. The Kier molecular flexibility index (Phi) is 5.01. The molecule has 0 radical (unpaired) electrons. The van der Waals surface area contributed by atoms with Crippen molar-refractivity contribution in [2.75, 3.05) is 0 Å². The lowest BCUT2D eigenvalue weighted by molar-refractivity contribution is 0.552. The van der Waals surface area contributed by atoms with Gasteiger partial charge in [-0.3, -0.25) is 0 Å². The Balaban J connectivity index is 1.18. The zero-order chi connectivity index (χ0) is 30.8. The van der Waals surface area contributed by atoms with E-state index in [2.05, 4.69) is 106 Å². The van der Waals surface area contributed by atoms with E-state index in [1.165, 1.54) is 92.3 Å². The number of H-pyrrole nitrogens is 2. The van der Waals surface area contributed by atoms with E-state index < -0.39 is 0 Å². The predicted octanol–water partition coefficient (Wildman–Crippen LogP) is 8.22. The van der Waals surface area contributed by atoms with Crippen molar-refractivity contribution in [1.82, 2.24) is 9.97 Å². The molecule has 2 N–H and O–H groups in total. The van der Waals surface area contributed by atoms with Crippen LogP contribution in [0.2, 0.25) is 0 Å². The van der Waals surface area contributed by atoms with E-state index in [1.807, 2.05) is 0 Å². The number of aromatic amines is 2. The summed E-state index contributed by atoms with van der Waals surface area (Å²) in [4.78, 5) is 14.2. The van der Waals surface area contributed by atoms with Crippen LogP contribution in [0.4, 0.5) is 0 Å². The van der Waals surface area contributed by atoms with E-state index in [1.54, 1.807) is 44.5 Å². The van der Waals surface area contributed by atoms with E-state index in [0.717, 1.165) is 0 Å². The fraction of sp³-hybridized carbons (Fsp3) is 0.364. The molecule has 0 amide bonds. The molecule has 48 heavy (non-hydrogen) atoms. The van der Waals surface area contributed by atoms with Gasteiger partial charge in [0, 0.05) is 88.2 Å². The van der Waals surface area contributed by atoms with Crippen molar-refractivity contribution in [2.24, 2.45) is 0 Å². The Morgan fingerprint density at radius 3 is 0.729 bits per heavy atom. The van der Waals surface area contributed by atoms with Crippen molar-refractivity contribution in [1.29, 1.82) is 0 Å². The first-order valence-corrected chi connectivity index (χ1v) is 20.3. The summed E-state index contributed by atoms with van der Waals surface area (Å²) >= 11 is 4.13. The molecule has 17 rings (SSSR count). The number of fused-ring (bicyclic) bond motifs is 12. The van der Waals surface area contributed by atoms with E-state index >= 15 is 0 Å². The Morgan fingerprint density at radius 2 is 0.521 bits per heavy atom. The standard InChI is InChI=1S/C44H38N2S2/c1-2-22-4-3-21(1)37-29-17-33-41-25-9-11-27(12-10-25)43(41)35(47-33)19-31-39-23-5-7-24(8-6-23)40(39)32(46-31)20-36-44-28-15-13-26(14-16-28)42(44)34(48-36)18-30(45-29)38(22)37/h1-2,5,7,9,11,13,15,17-28,45-46H,3-4,6,8,10,12,14,16H2. The second-order valence-corrected chi connectivity index (χ2v) is 18.3. The molecule has 0 spiro atoms. The molecule has 16 bridgehead atoms. The van der Waals surface area contributed by atoms with E-state index in [-0.39, 0.29) is 0 Å². The second kappa shape index (κ2) is 9.14. The first kappa shape index (κ1) is 26.3. The third kappa shape index (κ3) is 3.30. The summed E-state index contributed by atoms with van der Waals surface area (Å²) in [5, 5.41) is 5.51. The van der Waals surface area contributed by atoms with Crippen LogP contribution >= 0.6 is 22.7 Å². The molecular formula is C44H38N2S2. The van der Waals surface area contributed by atoms with Gasteiger partial charge in [0.25, 0.3) is 0 Å². The molecule has 0 aromatic carbocycles. The summed E-state index contributed by atoms with van der Waals surface area (Å²) in [6, 6.07) is 0. The summed E-state index contributed by atoms with van der Waals surface area (Å²) in [6.07, 6.45) is 40.9. The molecule has 2 nitrogen and oxygen atoms in total. The van der Waals surface area contributed by atoms with Crippen LogP contribution in [0.5, 0.6) is 0 Å². The number of thiophene rings is 2. The van der Waals surface area contributed by atoms with Crippen LogP contribution in [0.3, 0.4) is 0 Å². The molecule has 5 heterocycles. The zero-order valence-electron chi connectivity index (χ0n) is 27.0. The van der Waals surface area contributed by atoms with Gasteiger partial charge in [0.05, 0.1) is 0 Å². The van der Waals surface area contributed by atoms with Gasteiger partial charge in [0.2, 0.25) is 0 Å². The average molecular weight is 659 g/mol. The molecule has 0 saturated heterocycles. The number of nitrogens with one attached hydrogen (secondary N) is 2. The monoisotopic (exact) mass is 658 g/mol. The molecule has 236 valence electrons. The van der Waals surface area contributed by atoms with E-state index in [0.29, 0.717) is 47.3 Å². The lowest BCUT2D eigenvalue weighted by Gasteiger charge is -2.33. The van der Waals surface area contributed by atoms with Crippen molar-refractivity contribution in [3.8, 4) is 0 Å². The smallest absolute Gasteiger partial charge is 0.0440 e. The van der Waals surface area contributed by atoms with Gasteiger partial charge in [0.1, 0.15) is 0 Å². The maximum absolute atomic E-state index is 4.13. The SMILES string of the molecule is C1=CC2CCC1c1c3sc(c12)C=c1[nH]c(c2c1C1C=CC2CC1)=Cc1sc(c2c1C1C=CC2CC1)C=c1[nH]c(c2c1C1C=CC2CC1)=C3. The number of hydrogen-bond donors (Lipinski definition) is 2. The Morgan fingerprint density at radius 1 is 0.312 bits per heavy atom. The minimum absolute atomic E-state index is 0.530. The van der Waals surface area contributed by atoms with E-state index in [9.17, 15) is 0 Å². The molecule has 0 saturated carbocycles. The van der Waals surface area contributed by atoms with Crippen LogP contribution < -0.4 is 21.4 Å². The minimum atomic E-state index is 0.530. The number of allylic oxidation sites excluding steroid dienone is 8. The summed E-state index contributed by atoms with van der Waals surface area (Å²) in [7, 11) is 0. The highest BCUT2D eigenvalue weighted by Crippen LogP contribution is 2.53. The summed E-state index contributed by atoms with van der Waals surface area (Å²) in [5.41, 5.74) is 12.9. The van der Waals surface area contributed by atoms with Crippen molar-refractivity contribution < 1.29 is 0 Å². The van der Waals surface area contributed by atoms with Gasteiger partial charge < -0.3 is 9.97 Å². The van der Waals surface area contributed by atoms with Gasteiger partial charge in [-0.15, -0.1) is 22.7 Å². The first-order chi connectivity index (χ1) is 23.7. The fourth-order valence-electron chi connectivity index (χ4n) is 11.9. The van der Waals surface area contributed by atoms with E-state index in [4.69, 9.17) is 0 Å². The molecule has 12 aliphatic carbocycles. The topological polar surface area (TPSA) is 31.6 Å². The van der Waals surface area contributed by atoms with Crippen LogP contribution in [0.1, 0.15) is 163 Å². The van der Waals surface area contributed by atoms with Crippen LogP contribution in [0, 0.1) is 0 Å². The van der Waals surface area contributed by atoms with Crippen LogP contribution in [0.15, 0.2) is 48.6 Å². The van der Waals surface area contributed by atoms with Gasteiger partial charge in [0.15, 0.2) is 0 Å². The van der Waals surface area contributed by atoms with Crippen molar-refractivity contribution in [3.63, 3.8) is 0 Å². The van der Waals surface area contributed by atoms with Gasteiger partial charge in [-0.25, -0.2) is 0 Å². The number of hydrogen-bond acceptors (Lipinski definition) is 2. The lowest BCUT2D eigenvalue weighted by atomic mass is 9.70. The maximum atomic E-state index is 4.13. The summed E-state index contributed by atoms with van der Waals surface area (Å²) in [5.74, 6) is 4.30. The molecule has 4 aromatic heterocycles. The maximum Gasteiger partial charge on any atom is 0.0440 e. The van der Waals surface area contributed by atoms with Gasteiger partial charge in [-0.05, 0) is 120 Å². The lowest BCUT2D eigenvalue weighted by Crippen LogP contribution is -2.24. The first-order valence-electron chi connectivity index (χ1n) is 18.7. The highest BCUT2D eigenvalue weighted by atomic mass is 32.1. The Bertz CT molecular complexity index is 2190. The summed E-state index contributed by atoms with van der Waals surface area (Å²) < 4.78 is 0. The highest BCUT2D eigenvalue weighted by Gasteiger charge is 2.39. The minimum Gasteiger partial charge on any atom is -0.355 e. The average Bonchev–Trinajstić information content (AvgIpc) is 3.92. The van der Waals surface area contributed by atoms with Crippen LogP contribution in [0.25, 0.3) is 24.3 Å². The van der Waals surface area contributed by atoms with Crippen molar-refractivity contribution in [2.45, 2.75) is 98.7 Å². The highest BCUT2D eigenvalue weighted by molar-refractivity contribution is 7.14. The molecular weight excluding hydrogens is 621 g/mol. The quantitative estimate of drug-likeness (QED) is 0.157. The van der Waals surface area contributed by atoms with Gasteiger partial charge in [-0.1, -0.05) is 48.6 Å². The summed E-state index contributed by atoms with van der Waals surface area (Å²) in [6.45, 7) is 0. The molecule has 1 aliphatic heterocycles. The third-order valence-electron chi connectivity index (χ3n) is 13.9. The largest absolute Gasteiger partial charge is 0.355 e. The van der Waals surface area contributed by atoms with Gasteiger partial charge >= 0.3 is 0 Å².